The quantitative estimate of drug-likeness (QED) is 0.716. The summed E-state index contributed by atoms with van der Waals surface area (Å²) in [4.78, 5) is 12.2. The molecule has 82 valence electrons. The summed E-state index contributed by atoms with van der Waals surface area (Å²) in [7, 11) is 1.21. The Kier molecular flexibility index (Phi) is 3.69. The van der Waals surface area contributed by atoms with Crippen LogP contribution in [0.25, 0.3) is 0 Å². The second-order valence-electron chi connectivity index (χ2n) is 3.37. The predicted octanol–water partition coefficient (Wildman–Crippen LogP) is 1.76. The Morgan fingerprint density at radius 3 is 2.64 bits per heavy atom. The van der Waals surface area contributed by atoms with Crippen LogP contribution in [0.4, 0.5) is 13.2 Å². The number of halogens is 3. The molecule has 1 aliphatic rings. The third-order valence-corrected chi connectivity index (χ3v) is 3.23. The van der Waals surface area contributed by atoms with Crippen molar-refractivity contribution in [2.45, 2.75) is 12.6 Å². The maximum atomic E-state index is 12.0. The van der Waals surface area contributed by atoms with Crippen molar-refractivity contribution in [1.29, 1.82) is 0 Å². The minimum Gasteiger partial charge on any atom is -0.336 e. The molecular weight excluding hydrogens is 215 g/mol. The molecule has 1 unspecified atom stereocenters. The van der Waals surface area contributed by atoms with Crippen molar-refractivity contribution in [2.24, 2.45) is 5.92 Å². The molecule has 0 aromatic heterocycles. The lowest BCUT2D eigenvalue weighted by Crippen LogP contribution is -2.39. The summed E-state index contributed by atoms with van der Waals surface area (Å²) in [5.41, 5.74) is 0. The number of thioether (sulfide) groups is 1. The number of nitrogens with zero attached hydrogens (tertiary/aromatic N) is 1. The summed E-state index contributed by atoms with van der Waals surface area (Å²) in [6.45, 7) is -1.15. The van der Waals surface area contributed by atoms with Crippen LogP contribution >= 0.6 is 11.8 Å². The minimum absolute atomic E-state index is 0.215. The first-order valence-electron chi connectivity index (χ1n) is 4.29. The van der Waals surface area contributed by atoms with Gasteiger partial charge in [-0.2, -0.15) is 24.9 Å². The Balaban J connectivity index is 2.43. The van der Waals surface area contributed by atoms with E-state index >= 15 is 0 Å². The fourth-order valence-electron chi connectivity index (χ4n) is 1.39. The van der Waals surface area contributed by atoms with Crippen LogP contribution in [0.2, 0.25) is 0 Å². The molecule has 0 radical (unpaired) electrons. The molecule has 1 heterocycles. The highest BCUT2D eigenvalue weighted by molar-refractivity contribution is 7.99. The van der Waals surface area contributed by atoms with Gasteiger partial charge in [-0.1, -0.05) is 0 Å². The molecule has 14 heavy (non-hydrogen) atoms. The van der Waals surface area contributed by atoms with Gasteiger partial charge in [0.1, 0.15) is 6.54 Å². The van der Waals surface area contributed by atoms with E-state index in [9.17, 15) is 18.0 Å². The number of hydrogen-bond donors (Lipinski definition) is 0. The Hall–Kier alpha value is -0.390. The van der Waals surface area contributed by atoms with Gasteiger partial charge in [-0.15, -0.1) is 0 Å². The fourth-order valence-corrected chi connectivity index (χ4v) is 2.60. The smallest absolute Gasteiger partial charge is 0.336 e. The van der Waals surface area contributed by atoms with E-state index in [0.29, 0.717) is 12.2 Å². The van der Waals surface area contributed by atoms with Crippen molar-refractivity contribution in [2.75, 3.05) is 25.1 Å². The third kappa shape index (κ3) is 3.40. The SMILES string of the molecule is CN(CC(F)(F)F)C(=O)C1CCSC1. The third-order valence-electron chi connectivity index (χ3n) is 2.07. The zero-order valence-electron chi connectivity index (χ0n) is 7.80. The summed E-state index contributed by atoms with van der Waals surface area (Å²) in [5, 5.41) is 0. The van der Waals surface area contributed by atoms with Crippen LogP contribution in [0, 0.1) is 5.92 Å². The van der Waals surface area contributed by atoms with Gasteiger partial charge in [-0.3, -0.25) is 4.79 Å². The summed E-state index contributed by atoms with van der Waals surface area (Å²) in [6, 6.07) is 0. The number of amides is 1. The fraction of sp³-hybridized carbons (Fsp3) is 0.875. The zero-order chi connectivity index (χ0) is 10.8. The number of carbonyl (C=O) groups is 1. The topological polar surface area (TPSA) is 20.3 Å². The maximum absolute atomic E-state index is 12.0. The van der Waals surface area contributed by atoms with Crippen molar-refractivity contribution in [3.8, 4) is 0 Å². The highest BCUT2D eigenvalue weighted by Crippen LogP contribution is 2.26. The first-order valence-corrected chi connectivity index (χ1v) is 5.45. The Labute approximate surface area is 84.8 Å². The van der Waals surface area contributed by atoms with Crippen LogP contribution in [0.15, 0.2) is 0 Å². The van der Waals surface area contributed by atoms with Crippen LogP contribution < -0.4 is 0 Å². The van der Waals surface area contributed by atoms with Crippen LogP contribution in [0.5, 0.6) is 0 Å². The second-order valence-corrected chi connectivity index (χ2v) is 4.52. The van der Waals surface area contributed by atoms with Crippen molar-refractivity contribution in [3.05, 3.63) is 0 Å². The van der Waals surface area contributed by atoms with Gasteiger partial charge in [0.15, 0.2) is 0 Å². The van der Waals surface area contributed by atoms with E-state index < -0.39 is 12.7 Å². The molecule has 0 N–H and O–H groups in total. The lowest BCUT2D eigenvalue weighted by atomic mass is 10.1. The van der Waals surface area contributed by atoms with Crippen LogP contribution in [-0.2, 0) is 4.79 Å². The molecule has 1 fully saturated rings. The number of alkyl halides is 3. The highest BCUT2D eigenvalue weighted by atomic mass is 32.2. The van der Waals surface area contributed by atoms with E-state index in [-0.39, 0.29) is 11.8 Å². The van der Waals surface area contributed by atoms with E-state index in [1.807, 2.05) is 0 Å². The van der Waals surface area contributed by atoms with Gasteiger partial charge >= 0.3 is 6.18 Å². The van der Waals surface area contributed by atoms with Crippen LogP contribution in [0.1, 0.15) is 6.42 Å². The monoisotopic (exact) mass is 227 g/mol. The molecule has 1 amide bonds. The minimum atomic E-state index is -4.30. The molecule has 2 nitrogen and oxygen atoms in total. The van der Waals surface area contributed by atoms with Crippen molar-refractivity contribution >= 4 is 17.7 Å². The summed E-state index contributed by atoms with van der Waals surface area (Å²) in [5.74, 6) is 0.928. The predicted molar refractivity (Wildman–Crippen MR) is 49.1 cm³/mol. The molecule has 0 saturated carbocycles. The highest BCUT2D eigenvalue weighted by Gasteiger charge is 2.34. The Morgan fingerprint density at radius 2 is 2.21 bits per heavy atom. The van der Waals surface area contributed by atoms with Gasteiger partial charge in [-0.25, -0.2) is 0 Å². The van der Waals surface area contributed by atoms with E-state index in [0.717, 1.165) is 10.7 Å². The van der Waals surface area contributed by atoms with Gasteiger partial charge in [0, 0.05) is 18.7 Å². The zero-order valence-corrected chi connectivity index (χ0v) is 8.62. The van der Waals surface area contributed by atoms with Crippen molar-refractivity contribution in [3.63, 3.8) is 0 Å². The molecule has 1 rings (SSSR count). The average Bonchev–Trinajstić information content (AvgIpc) is 2.51. The molecule has 1 atom stereocenters. The van der Waals surface area contributed by atoms with Crippen LogP contribution in [-0.4, -0.2) is 42.1 Å². The molecule has 1 saturated heterocycles. The normalized spacial score (nSPS) is 22.4. The van der Waals surface area contributed by atoms with Gasteiger partial charge in [0.2, 0.25) is 5.91 Å². The lowest BCUT2D eigenvalue weighted by molar-refractivity contribution is -0.160. The Bertz CT molecular complexity index is 213. The lowest BCUT2D eigenvalue weighted by Gasteiger charge is -2.21. The summed E-state index contributed by atoms with van der Waals surface area (Å²) < 4.78 is 35.9. The van der Waals surface area contributed by atoms with Gasteiger partial charge in [-0.05, 0) is 12.2 Å². The standard InChI is InChI=1S/C8H12F3NOS/c1-12(5-8(9,10)11)7(13)6-2-3-14-4-6/h6H,2-5H2,1H3. The molecule has 0 aliphatic carbocycles. The molecule has 0 bridgehead atoms. The van der Waals surface area contributed by atoms with Crippen LogP contribution in [0.3, 0.4) is 0 Å². The first-order chi connectivity index (χ1) is 6.40. The molecule has 0 spiro atoms. The van der Waals surface area contributed by atoms with E-state index in [1.165, 1.54) is 7.05 Å². The summed E-state index contributed by atoms with van der Waals surface area (Å²) in [6.07, 6.45) is -3.60. The largest absolute Gasteiger partial charge is 0.406 e. The molecule has 0 aromatic rings. The molecule has 6 heteroatoms. The molecule has 1 aliphatic heterocycles. The number of carbonyl (C=O) groups excluding carboxylic acids is 1. The van der Waals surface area contributed by atoms with Gasteiger partial charge in [0.25, 0.3) is 0 Å². The number of hydrogen-bond acceptors (Lipinski definition) is 2. The average molecular weight is 227 g/mol. The van der Waals surface area contributed by atoms with Gasteiger partial charge < -0.3 is 4.90 Å². The van der Waals surface area contributed by atoms with Crippen molar-refractivity contribution < 1.29 is 18.0 Å². The molecular formula is C8H12F3NOS. The summed E-state index contributed by atoms with van der Waals surface area (Å²) >= 11 is 1.62. The van der Waals surface area contributed by atoms with Gasteiger partial charge in [0.05, 0.1) is 0 Å². The van der Waals surface area contributed by atoms with E-state index in [2.05, 4.69) is 0 Å². The first kappa shape index (κ1) is 11.7. The van der Waals surface area contributed by atoms with E-state index in [1.54, 1.807) is 11.8 Å². The van der Waals surface area contributed by atoms with Crippen molar-refractivity contribution in [1.82, 2.24) is 4.90 Å². The molecule has 0 aromatic carbocycles. The second kappa shape index (κ2) is 4.42. The number of rotatable bonds is 2. The Morgan fingerprint density at radius 1 is 1.57 bits per heavy atom. The van der Waals surface area contributed by atoms with E-state index in [4.69, 9.17) is 0 Å². The maximum Gasteiger partial charge on any atom is 0.406 e.